The Kier molecular flexibility index (Phi) is 8.25. The molecule has 0 spiro atoms. The molecule has 1 amide bonds. The molecule has 38 heavy (non-hydrogen) atoms. The van der Waals surface area contributed by atoms with Gasteiger partial charge in [0.15, 0.2) is 0 Å². The van der Waals surface area contributed by atoms with E-state index >= 15 is 0 Å². The molecule has 2 aromatic rings. The Bertz CT molecular complexity index is 1220. The molecule has 2 atom stereocenters. The number of esters is 1. The minimum Gasteiger partial charge on any atom is -0.496 e. The van der Waals surface area contributed by atoms with Gasteiger partial charge in [0.1, 0.15) is 11.2 Å². The van der Waals surface area contributed by atoms with E-state index in [2.05, 4.69) is 16.2 Å². The van der Waals surface area contributed by atoms with E-state index in [1.54, 1.807) is 6.92 Å². The first-order valence-electron chi connectivity index (χ1n) is 11.2. The maximum absolute atomic E-state index is 13.3. The number of rotatable bonds is 7. The SMILES string of the molecule is CCOC(=O)C1(C)CNNC1(CC(=O)Nc1ccc(C(F)(F)F)c(OC)c1)c1ccc(C(F)(F)F)c(Cl)c1. The van der Waals surface area contributed by atoms with Gasteiger partial charge in [0, 0.05) is 18.3 Å². The predicted octanol–water partition coefficient (Wildman–Crippen LogP) is 5.29. The van der Waals surface area contributed by atoms with E-state index in [1.807, 2.05) is 0 Å². The van der Waals surface area contributed by atoms with Crippen LogP contribution in [-0.4, -0.2) is 32.1 Å². The summed E-state index contributed by atoms with van der Waals surface area (Å²) in [4.78, 5) is 26.3. The van der Waals surface area contributed by atoms with Crippen LogP contribution in [0.2, 0.25) is 5.02 Å². The molecular formula is C24H24ClF6N3O4. The lowest BCUT2D eigenvalue weighted by Crippen LogP contribution is -2.55. The molecule has 2 unspecified atom stereocenters. The summed E-state index contributed by atoms with van der Waals surface area (Å²) in [6, 6.07) is 5.58. The fraction of sp³-hybridized carbons (Fsp3) is 0.417. The number of carbonyl (C=O) groups excluding carboxylic acids is 2. The Labute approximate surface area is 218 Å². The third-order valence-electron chi connectivity index (χ3n) is 6.40. The molecular weight excluding hydrogens is 544 g/mol. The van der Waals surface area contributed by atoms with Crippen molar-refractivity contribution in [3.8, 4) is 5.75 Å². The van der Waals surface area contributed by atoms with Gasteiger partial charge in [-0.1, -0.05) is 17.7 Å². The molecule has 0 radical (unpaired) electrons. The zero-order valence-corrected chi connectivity index (χ0v) is 21.1. The van der Waals surface area contributed by atoms with Crippen LogP contribution >= 0.6 is 11.6 Å². The summed E-state index contributed by atoms with van der Waals surface area (Å²) >= 11 is 5.95. The van der Waals surface area contributed by atoms with Crippen LogP contribution in [0.15, 0.2) is 36.4 Å². The highest BCUT2D eigenvalue weighted by Crippen LogP contribution is 2.48. The molecule has 0 aromatic heterocycles. The van der Waals surface area contributed by atoms with Gasteiger partial charge in [-0.05, 0) is 43.7 Å². The smallest absolute Gasteiger partial charge is 0.419 e. The van der Waals surface area contributed by atoms with Crippen LogP contribution < -0.4 is 20.9 Å². The molecule has 1 aliphatic heterocycles. The van der Waals surface area contributed by atoms with Crippen LogP contribution in [0.4, 0.5) is 32.0 Å². The summed E-state index contributed by atoms with van der Waals surface area (Å²) in [7, 11) is 1.04. The zero-order valence-electron chi connectivity index (χ0n) is 20.4. The summed E-state index contributed by atoms with van der Waals surface area (Å²) in [5, 5.41) is 1.81. The number of nitrogens with one attached hydrogen (secondary N) is 3. The number of hydrazine groups is 1. The number of alkyl halides is 6. The highest BCUT2D eigenvalue weighted by Gasteiger charge is 2.60. The van der Waals surface area contributed by atoms with Gasteiger partial charge in [0.05, 0.1) is 41.8 Å². The summed E-state index contributed by atoms with van der Waals surface area (Å²) in [5.74, 6) is -2.04. The second kappa shape index (κ2) is 10.6. The second-order valence-electron chi connectivity index (χ2n) is 8.77. The topological polar surface area (TPSA) is 88.7 Å². The summed E-state index contributed by atoms with van der Waals surface area (Å²) < 4.78 is 89.5. The van der Waals surface area contributed by atoms with Crippen molar-refractivity contribution in [2.75, 3.05) is 25.6 Å². The van der Waals surface area contributed by atoms with E-state index in [-0.39, 0.29) is 24.4 Å². The summed E-state index contributed by atoms with van der Waals surface area (Å²) in [6.45, 7) is 2.97. The highest BCUT2D eigenvalue weighted by molar-refractivity contribution is 6.31. The van der Waals surface area contributed by atoms with Gasteiger partial charge in [0.2, 0.25) is 5.91 Å². The van der Waals surface area contributed by atoms with Crippen molar-refractivity contribution < 1.29 is 45.4 Å². The number of hydrogen-bond acceptors (Lipinski definition) is 6. The highest BCUT2D eigenvalue weighted by atomic mass is 35.5. The number of anilines is 1. The number of methoxy groups -OCH3 is 1. The van der Waals surface area contributed by atoms with Crippen molar-refractivity contribution in [1.82, 2.24) is 10.9 Å². The first-order valence-corrected chi connectivity index (χ1v) is 11.6. The number of halogens is 7. The lowest BCUT2D eigenvalue weighted by Gasteiger charge is -2.41. The van der Waals surface area contributed by atoms with E-state index in [0.717, 1.165) is 43.5 Å². The van der Waals surface area contributed by atoms with E-state index in [1.165, 1.54) is 6.92 Å². The minimum atomic E-state index is -4.74. The second-order valence-corrected chi connectivity index (χ2v) is 9.17. The Morgan fingerprint density at radius 2 is 1.68 bits per heavy atom. The molecule has 1 saturated heterocycles. The predicted molar refractivity (Wildman–Crippen MR) is 125 cm³/mol. The van der Waals surface area contributed by atoms with Crippen molar-refractivity contribution in [3.63, 3.8) is 0 Å². The largest absolute Gasteiger partial charge is 0.496 e. The van der Waals surface area contributed by atoms with Gasteiger partial charge in [0.25, 0.3) is 0 Å². The van der Waals surface area contributed by atoms with Gasteiger partial charge in [-0.2, -0.15) is 26.3 Å². The van der Waals surface area contributed by atoms with Crippen molar-refractivity contribution >= 4 is 29.2 Å². The number of ether oxygens (including phenoxy) is 2. The monoisotopic (exact) mass is 567 g/mol. The Morgan fingerprint density at radius 1 is 1.05 bits per heavy atom. The number of benzene rings is 2. The van der Waals surface area contributed by atoms with Crippen LogP contribution in [0, 0.1) is 5.41 Å². The van der Waals surface area contributed by atoms with Gasteiger partial charge >= 0.3 is 18.3 Å². The van der Waals surface area contributed by atoms with Crippen LogP contribution in [0.5, 0.6) is 5.75 Å². The molecule has 3 N–H and O–H groups in total. The molecule has 0 saturated carbocycles. The molecule has 1 aliphatic rings. The van der Waals surface area contributed by atoms with Crippen LogP contribution in [0.3, 0.4) is 0 Å². The van der Waals surface area contributed by atoms with E-state index in [4.69, 9.17) is 21.1 Å². The fourth-order valence-electron chi connectivity index (χ4n) is 4.39. The molecule has 2 aromatic carbocycles. The third-order valence-corrected chi connectivity index (χ3v) is 6.71. The molecule has 0 bridgehead atoms. The molecule has 1 heterocycles. The Hall–Kier alpha value is -3.03. The standard InChI is InChI=1S/C24H24ClF6N3O4/c1-4-38-20(36)21(2)12-32-34-22(21,13-5-7-15(17(25)9-13)23(26,27)28)11-19(35)33-14-6-8-16(24(29,30)31)18(10-14)37-3/h5-10,32,34H,4,11-12H2,1-3H3,(H,33,35). The van der Waals surface area contributed by atoms with E-state index < -0.39 is 63.5 Å². The number of carbonyl (C=O) groups is 2. The molecule has 0 aliphatic carbocycles. The molecule has 1 fully saturated rings. The van der Waals surface area contributed by atoms with Crippen molar-refractivity contribution in [3.05, 3.63) is 58.1 Å². The Balaban J connectivity index is 2.04. The van der Waals surface area contributed by atoms with Crippen molar-refractivity contribution in [2.24, 2.45) is 5.41 Å². The van der Waals surface area contributed by atoms with Gasteiger partial charge < -0.3 is 14.8 Å². The van der Waals surface area contributed by atoms with Crippen molar-refractivity contribution in [2.45, 2.75) is 38.2 Å². The average molecular weight is 568 g/mol. The van der Waals surface area contributed by atoms with Crippen LogP contribution in [0.1, 0.15) is 37.0 Å². The van der Waals surface area contributed by atoms with Crippen LogP contribution in [0.25, 0.3) is 0 Å². The minimum absolute atomic E-state index is 0.00415. The quantitative estimate of drug-likeness (QED) is 0.311. The van der Waals surface area contributed by atoms with Crippen LogP contribution in [-0.2, 0) is 32.2 Å². The van der Waals surface area contributed by atoms with E-state index in [0.29, 0.717) is 0 Å². The maximum atomic E-state index is 13.3. The molecule has 7 nitrogen and oxygen atoms in total. The van der Waals surface area contributed by atoms with Crippen molar-refractivity contribution in [1.29, 1.82) is 0 Å². The molecule has 14 heteroatoms. The van der Waals surface area contributed by atoms with Gasteiger partial charge in [-0.25, -0.2) is 5.43 Å². The van der Waals surface area contributed by atoms with Gasteiger partial charge in [-0.15, -0.1) is 0 Å². The lowest BCUT2D eigenvalue weighted by molar-refractivity contribution is -0.158. The maximum Gasteiger partial charge on any atom is 0.419 e. The number of amides is 1. The molecule has 208 valence electrons. The average Bonchev–Trinajstić information content (AvgIpc) is 3.15. The normalized spacial score (nSPS) is 21.7. The van der Waals surface area contributed by atoms with E-state index in [9.17, 15) is 35.9 Å². The number of hydrogen-bond donors (Lipinski definition) is 3. The Morgan fingerprint density at radius 3 is 2.24 bits per heavy atom. The first kappa shape index (κ1) is 29.5. The first-order chi connectivity index (χ1) is 17.6. The van der Waals surface area contributed by atoms with Gasteiger partial charge in [-0.3, -0.25) is 15.0 Å². The zero-order chi connectivity index (χ0) is 28.5. The molecule has 3 rings (SSSR count). The lowest BCUT2D eigenvalue weighted by atomic mass is 9.66. The fourth-order valence-corrected chi connectivity index (χ4v) is 4.68. The summed E-state index contributed by atoms with van der Waals surface area (Å²) in [6.07, 6.45) is -9.98. The summed E-state index contributed by atoms with van der Waals surface area (Å²) in [5.41, 5.74) is 0.332. The third kappa shape index (κ3) is 5.54.